The van der Waals surface area contributed by atoms with Crippen LogP contribution in [0.2, 0.25) is 0 Å². The van der Waals surface area contributed by atoms with Crippen molar-refractivity contribution in [1.29, 1.82) is 0 Å². The number of rotatable bonds is 1. The lowest BCUT2D eigenvalue weighted by Gasteiger charge is -2.06. The summed E-state index contributed by atoms with van der Waals surface area (Å²) in [6.45, 7) is 0. The van der Waals surface area contributed by atoms with Gasteiger partial charge in [-0.3, -0.25) is 0 Å². The fourth-order valence-corrected chi connectivity index (χ4v) is 1.23. The first-order valence-corrected chi connectivity index (χ1v) is 3.77. The molecule has 0 fully saturated rings. The highest BCUT2D eigenvalue weighted by molar-refractivity contribution is 9.10. The zero-order valence-electron chi connectivity index (χ0n) is 5.80. The van der Waals surface area contributed by atoms with Gasteiger partial charge in [-0.15, -0.1) is 0 Å². The van der Waals surface area contributed by atoms with Crippen molar-refractivity contribution < 1.29 is 14.3 Å². The van der Waals surface area contributed by atoms with Crippen LogP contribution in [-0.4, -0.2) is 5.97 Å². The summed E-state index contributed by atoms with van der Waals surface area (Å²) >= 11 is 2.98. The van der Waals surface area contributed by atoms with Crippen molar-refractivity contribution in [2.75, 3.05) is 5.73 Å². The number of nitrogen functional groups attached to an aromatic ring is 1. The molecule has 0 unspecified atom stereocenters. The molecule has 0 spiro atoms. The summed E-state index contributed by atoms with van der Waals surface area (Å²) in [5.74, 6) is -2.54. The number of carbonyl (C=O) groups is 1. The monoisotopic (exact) mass is 232 g/mol. The Kier molecular flexibility index (Phi) is 2.32. The van der Waals surface area contributed by atoms with Gasteiger partial charge in [0.15, 0.2) is 5.82 Å². The van der Waals surface area contributed by atoms with Crippen LogP contribution in [-0.2, 0) is 0 Å². The Morgan fingerprint density at radius 1 is 1.58 bits per heavy atom. The molecule has 0 saturated carbocycles. The number of nitrogens with two attached hydrogens (primary N) is 1. The highest BCUT2D eigenvalue weighted by Gasteiger charge is 2.07. The predicted molar refractivity (Wildman–Crippen MR) is 42.8 cm³/mol. The molecule has 0 heterocycles. The van der Waals surface area contributed by atoms with Gasteiger partial charge in [0, 0.05) is 10.0 Å². The van der Waals surface area contributed by atoms with E-state index in [2.05, 4.69) is 15.9 Å². The largest absolute Gasteiger partial charge is 0.545 e. The number of benzene rings is 1. The summed E-state index contributed by atoms with van der Waals surface area (Å²) < 4.78 is 13.3. The van der Waals surface area contributed by atoms with Gasteiger partial charge in [-0.05, 0) is 12.1 Å². The highest BCUT2D eigenvalue weighted by atomic mass is 79.9. The van der Waals surface area contributed by atoms with Crippen molar-refractivity contribution in [2.24, 2.45) is 0 Å². The summed E-state index contributed by atoms with van der Waals surface area (Å²) in [7, 11) is 0. The molecule has 64 valence electrons. The molecule has 0 amide bonds. The Morgan fingerprint density at radius 3 is 2.67 bits per heavy atom. The normalized spacial score (nSPS) is 9.83. The van der Waals surface area contributed by atoms with E-state index in [1.165, 1.54) is 6.07 Å². The number of hydrogen-bond donors (Lipinski definition) is 1. The van der Waals surface area contributed by atoms with Gasteiger partial charge in [-0.2, -0.15) is 0 Å². The van der Waals surface area contributed by atoms with E-state index in [-0.39, 0.29) is 5.69 Å². The van der Waals surface area contributed by atoms with Gasteiger partial charge in [0.05, 0.1) is 11.7 Å². The quantitative estimate of drug-likeness (QED) is 0.719. The molecule has 0 aliphatic rings. The zero-order chi connectivity index (χ0) is 9.30. The molecule has 5 heteroatoms. The Bertz CT molecular complexity index is 340. The van der Waals surface area contributed by atoms with E-state index in [0.717, 1.165) is 6.07 Å². The molecule has 0 bridgehead atoms. The Hall–Kier alpha value is -1.10. The van der Waals surface area contributed by atoms with E-state index in [4.69, 9.17) is 5.73 Å². The van der Waals surface area contributed by atoms with E-state index in [9.17, 15) is 14.3 Å². The standard InChI is InChI=1S/C7H5BrFNO2/c8-3-1-4(7(11)12)6(9)5(10)2-3/h1-2H,10H2,(H,11,12)/p-1. The smallest absolute Gasteiger partial charge is 0.155 e. The number of carboxylic acids is 1. The van der Waals surface area contributed by atoms with Crippen LogP contribution >= 0.6 is 15.9 Å². The summed E-state index contributed by atoms with van der Waals surface area (Å²) in [5, 5.41) is 10.3. The topological polar surface area (TPSA) is 66.2 Å². The van der Waals surface area contributed by atoms with Crippen LogP contribution in [0.3, 0.4) is 0 Å². The third-order valence-corrected chi connectivity index (χ3v) is 1.74. The molecular formula is C7H4BrFNO2-. The third-order valence-electron chi connectivity index (χ3n) is 1.29. The van der Waals surface area contributed by atoms with Crippen LogP contribution < -0.4 is 10.8 Å². The van der Waals surface area contributed by atoms with E-state index in [1.54, 1.807) is 0 Å². The van der Waals surface area contributed by atoms with Gasteiger partial charge in [0.1, 0.15) is 0 Å². The molecule has 1 aromatic carbocycles. The molecule has 1 rings (SSSR count). The van der Waals surface area contributed by atoms with Crippen LogP contribution in [0.15, 0.2) is 16.6 Å². The number of carboxylic acid groups (broad SMARTS) is 1. The number of aromatic carboxylic acids is 1. The second-order valence-electron chi connectivity index (χ2n) is 2.14. The van der Waals surface area contributed by atoms with Crippen LogP contribution in [0.4, 0.5) is 10.1 Å². The molecule has 0 aliphatic carbocycles. The Morgan fingerprint density at radius 2 is 2.17 bits per heavy atom. The average molecular weight is 233 g/mol. The van der Waals surface area contributed by atoms with Gasteiger partial charge >= 0.3 is 0 Å². The van der Waals surface area contributed by atoms with Gasteiger partial charge in [0.2, 0.25) is 0 Å². The van der Waals surface area contributed by atoms with Gasteiger partial charge in [-0.25, -0.2) is 4.39 Å². The van der Waals surface area contributed by atoms with Crippen molar-refractivity contribution in [1.82, 2.24) is 0 Å². The van der Waals surface area contributed by atoms with Crippen LogP contribution in [0, 0.1) is 5.82 Å². The Balaban J connectivity index is 3.37. The SMILES string of the molecule is Nc1cc(Br)cc(C(=O)[O-])c1F. The van der Waals surface area contributed by atoms with Crippen molar-refractivity contribution in [2.45, 2.75) is 0 Å². The number of hydrogen-bond acceptors (Lipinski definition) is 3. The number of halogens is 2. The second-order valence-corrected chi connectivity index (χ2v) is 3.06. The average Bonchev–Trinajstić information content (AvgIpc) is 1.96. The summed E-state index contributed by atoms with van der Waals surface area (Å²) in [6.07, 6.45) is 0. The van der Waals surface area contributed by atoms with Crippen molar-refractivity contribution in [3.05, 3.63) is 28.0 Å². The van der Waals surface area contributed by atoms with Gasteiger partial charge in [0.25, 0.3) is 0 Å². The van der Waals surface area contributed by atoms with E-state index >= 15 is 0 Å². The zero-order valence-corrected chi connectivity index (χ0v) is 7.39. The predicted octanol–water partition coefficient (Wildman–Crippen LogP) is 0.534. The first-order valence-electron chi connectivity index (χ1n) is 2.98. The first kappa shape index (κ1) is 8.99. The number of anilines is 1. The fraction of sp³-hybridized carbons (Fsp3) is 0. The van der Waals surface area contributed by atoms with Crippen LogP contribution in [0.5, 0.6) is 0 Å². The minimum atomic E-state index is -1.58. The molecular weight excluding hydrogens is 229 g/mol. The van der Waals surface area contributed by atoms with Crippen molar-refractivity contribution in [3.63, 3.8) is 0 Å². The maximum absolute atomic E-state index is 12.9. The molecule has 0 aromatic heterocycles. The molecule has 2 N–H and O–H groups in total. The lowest BCUT2D eigenvalue weighted by atomic mass is 10.2. The van der Waals surface area contributed by atoms with Crippen LogP contribution in [0.25, 0.3) is 0 Å². The molecule has 0 atom stereocenters. The van der Waals surface area contributed by atoms with E-state index in [0.29, 0.717) is 4.47 Å². The second kappa shape index (κ2) is 3.10. The fourth-order valence-electron chi connectivity index (χ4n) is 0.759. The summed E-state index contributed by atoms with van der Waals surface area (Å²) in [6, 6.07) is 2.38. The molecule has 0 aliphatic heterocycles. The minimum Gasteiger partial charge on any atom is -0.545 e. The maximum Gasteiger partial charge on any atom is 0.155 e. The maximum atomic E-state index is 12.9. The lowest BCUT2D eigenvalue weighted by Crippen LogP contribution is -2.24. The Labute approximate surface area is 76.1 Å². The molecule has 3 nitrogen and oxygen atoms in total. The van der Waals surface area contributed by atoms with E-state index < -0.39 is 17.3 Å². The molecule has 12 heavy (non-hydrogen) atoms. The molecule has 1 aromatic rings. The van der Waals surface area contributed by atoms with Crippen molar-refractivity contribution in [3.8, 4) is 0 Å². The van der Waals surface area contributed by atoms with Gasteiger partial charge in [-0.1, -0.05) is 15.9 Å². The third kappa shape index (κ3) is 1.55. The minimum absolute atomic E-state index is 0.219. The van der Waals surface area contributed by atoms with Crippen molar-refractivity contribution >= 4 is 27.6 Å². The number of carbonyl (C=O) groups excluding carboxylic acids is 1. The summed E-state index contributed by atoms with van der Waals surface area (Å²) in [4.78, 5) is 10.3. The first-order chi connectivity index (χ1) is 5.52. The van der Waals surface area contributed by atoms with E-state index in [1.807, 2.05) is 0 Å². The summed E-state index contributed by atoms with van der Waals surface area (Å²) in [5.41, 5.74) is 4.40. The van der Waals surface area contributed by atoms with Gasteiger partial charge < -0.3 is 15.6 Å². The molecule has 0 saturated heterocycles. The van der Waals surface area contributed by atoms with Crippen LogP contribution in [0.1, 0.15) is 10.4 Å². The molecule has 0 radical (unpaired) electrons. The highest BCUT2D eigenvalue weighted by Crippen LogP contribution is 2.21. The lowest BCUT2D eigenvalue weighted by molar-refractivity contribution is -0.255.